The summed E-state index contributed by atoms with van der Waals surface area (Å²) in [5.41, 5.74) is 8.61. The van der Waals surface area contributed by atoms with Gasteiger partial charge in [0, 0.05) is 12.1 Å². The van der Waals surface area contributed by atoms with Gasteiger partial charge < -0.3 is 10.6 Å². The van der Waals surface area contributed by atoms with Crippen molar-refractivity contribution >= 4 is 64.9 Å². The number of fused-ring (bicyclic) bond motifs is 1. The molecule has 7 nitrogen and oxygen atoms in total. The first kappa shape index (κ1) is 34.5. The maximum absolute atomic E-state index is 13.7. The Bertz CT molecular complexity index is 1430. The topological polar surface area (TPSA) is 94.1 Å². The second-order valence-electron chi connectivity index (χ2n) is 8.87. The Kier molecular flexibility index (Phi) is 13.5. The molecule has 4 aromatic rings. The molecule has 2 N–H and O–H groups in total. The van der Waals surface area contributed by atoms with Crippen LogP contribution in [0.1, 0.15) is 58.8 Å². The van der Waals surface area contributed by atoms with Gasteiger partial charge in [0.1, 0.15) is 11.6 Å². The van der Waals surface area contributed by atoms with Crippen molar-refractivity contribution in [3.05, 3.63) is 92.9 Å². The number of aromatic nitrogens is 3. The Morgan fingerprint density at radius 3 is 2.31 bits per heavy atom. The van der Waals surface area contributed by atoms with Crippen molar-refractivity contribution in [2.45, 2.75) is 46.2 Å². The van der Waals surface area contributed by atoms with Crippen LogP contribution >= 0.6 is 48.8 Å². The van der Waals surface area contributed by atoms with E-state index < -0.39 is 6.04 Å². The van der Waals surface area contributed by atoms with Crippen LogP contribution in [-0.2, 0) is 6.54 Å². The number of carbonyl (C=O) groups excluding carboxylic acids is 1. The quantitative estimate of drug-likeness (QED) is 0.254. The lowest BCUT2D eigenvalue weighted by atomic mass is 10.1. The van der Waals surface area contributed by atoms with E-state index in [0.29, 0.717) is 53.2 Å². The molecule has 0 aliphatic rings. The first-order valence-electron chi connectivity index (χ1n) is 12.0. The van der Waals surface area contributed by atoms with Gasteiger partial charge in [0.25, 0.3) is 11.5 Å². The molecular formula is C27H33Cl3FN5O2S. The van der Waals surface area contributed by atoms with Crippen LogP contribution in [0.15, 0.2) is 53.3 Å². The van der Waals surface area contributed by atoms with E-state index in [1.807, 2.05) is 38.1 Å². The molecule has 0 bridgehead atoms. The number of carbonyl (C=O) groups is 1. The van der Waals surface area contributed by atoms with Crippen LogP contribution in [0.2, 0.25) is 0 Å². The molecule has 12 heteroatoms. The minimum absolute atomic E-state index is 0. The molecule has 2 heterocycles. The Hall–Kier alpha value is -2.56. The standard InChI is InChI=1S/C27H30FN5O2S.3ClH/c1-4-22(32(15-5-14-29)26(34)20-10-6-17(2)7-11-20)24-30-25-23(18(3)31-36-25)27(35)33(24)16-19-8-12-21(28)13-9-19;;;/h6-13,22H,4-5,14-16,29H2,1-3H3;3*1H. The maximum atomic E-state index is 13.7. The summed E-state index contributed by atoms with van der Waals surface area (Å²) in [7, 11) is 0. The zero-order valence-corrected chi connectivity index (χ0v) is 25.2. The van der Waals surface area contributed by atoms with Gasteiger partial charge >= 0.3 is 0 Å². The van der Waals surface area contributed by atoms with Crippen molar-refractivity contribution in [2.24, 2.45) is 5.73 Å². The number of benzene rings is 2. The van der Waals surface area contributed by atoms with E-state index in [4.69, 9.17) is 10.7 Å². The summed E-state index contributed by atoms with van der Waals surface area (Å²) in [6, 6.07) is 13.0. The average Bonchev–Trinajstić information content (AvgIpc) is 3.25. The predicted molar refractivity (Wildman–Crippen MR) is 163 cm³/mol. The van der Waals surface area contributed by atoms with Gasteiger partial charge in [0.05, 0.1) is 23.7 Å². The summed E-state index contributed by atoms with van der Waals surface area (Å²) in [4.78, 5) is 34.6. The molecule has 2 aromatic carbocycles. The third-order valence-electron chi connectivity index (χ3n) is 6.27. The third-order valence-corrected chi connectivity index (χ3v) is 7.11. The van der Waals surface area contributed by atoms with Crippen LogP contribution in [0.3, 0.4) is 0 Å². The van der Waals surface area contributed by atoms with Crippen molar-refractivity contribution in [1.29, 1.82) is 0 Å². The highest BCUT2D eigenvalue weighted by atomic mass is 35.5. The van der Waals surface area contributed by atoms with Crippen LogP contribution in [0.5, 0.6) is 0 Å². The second-order valence-corrected chi connectivity index (χ2v) is 9.62. The maximum Gasteiger partial charge on any atom is 0.264 e. The predicted octanol–water partition coefficient (Wildman–Crippen LogP) is 5.86. The Morgan fingerprint density at radius 1 is 1.08 bits per heavy atom. The zero-order valence-electron chi connectivity index (χ0n) is 21.9. The zero-order chi connectivity index (χ0) is 25.8. The van der Waals surface area contributed by atoms with E-state index in [-0.39, 0.29) is 61.0 Å². The van der Waals surface area contributed by atoms with Gasteiger partial charge in [-0.05, 0) is 74.6 Å². The van der Waals surface area contributed by atoms with Crippen molar-refractivity contribution in [1.82, 2.24) is 18.8 Å². The smallest absolute Gasteiger partial charge is 0.264 e. The van der Waals surface area contributed by atoms with Crippen molar-refractivity contribution in [3.8, 4) is 0 Å². The SMILES string of the molecule is CCC(c1nc2snc(C)c2c(=O)n1Cc1ccc(F)cc1)N(CCCN)C(=O)c1ccc(C)cc1.Cl.Cl.Cl. The van der Waals surface area contributed by atoms with Gasteiger partial charge in [-0.3, -0.25) is 14.2 Å². The molecule has 0 saturated carbocycles. The second kappa shape index (κ2) is 15.3. The number of rotatable bonds is 9. The number of nitrogens with zero attached hydrogens (tertiary/aromatic N) is 4. The lowest BCUT2D eigenvalue weighted by molar-refractivity contribution is 0.0656. The van der Waals surface area contributed by atoms with E-state index in [9.17, 15) is 14.0 Å². The molecule has 0 radical (unpaired) electrons. The summed E-state index contributed by atoms with van der Waals surface area (Å²) >= 11 is 1.18. The van der Waals surface area contributed by atoms with Gasteiger partial charge in [-0.25, -0.2) is 9.37 Å². The number of aryl methyl sites for hydroxylation is 2. The van der Waals surface area contributed by atoms with Crippen LogP contribution in [0, 0.1) is 19.7 Å². The molecule has 0 aliphatic carbocycles. The highest BCUT2D eigenvalue weighted by Gasteiger charge is 2.30. The van der Waals surface area contributed by atoms with Crippen molar-refractivity contribution in [3.63, 3.8) is 0 Å². The molecule has 39 heavy (non-hydrogen) atoms. The Labute approximate surface area is 250 Å². The molecule has 0 saturated heterocycles. The number of amides is 1. The number of halogens is 4. The number of hydrogen-bond donors (Lipinski definition) is 1. The van der Waals surface area contributed by atoms with Crippen LogP contribution in [-0.4, -0.2) is 37.8 Å². The third kappa shape index (κ3) is 7.55. The molecule has 1 unspecified atom stereocenters. The van der Waals surface area contributed by atoms with E-state index in [1.165, 1.54) is 23.7 Å². The van der Waals surface area contributed by atoms with Gasteiger partial charge in [-0.1, -0.05) is 36.8 Å². The fourth-order valence-corrected chi connectivity index (χ4v) is 5.10. The fraction of sp³-hybridized carbons (Fsp3) is 0.333. The minimum atomic E-state index is -0.467. The van der Waals surface area contributed by atoms with E-state index >= 15 is 0 Å². The number of nitrogens with two attached hydrogens (primary N) is 1. The molecule has 1 amide bonds. The van der Waals surface area contributed by atoms with Crippen molar-refractivity contribution in [2.75, 3.05) is 13.1 Å². The first-order chi connectivity index (χ1) is 17.3. The Balaban J connectivity index is 0.00000253. The molecule has 0 fully saturated rings. The van der Waals surface area contributed by atoms with Crippen LogP contribution in [0.25, 0.3) is 10.2 Å². The molecule has 2 aromatic heterocycles. The summed E-state index contributed by atoms with van der Waals surface area (Å²) in [5, 5.41) is 0.471. The lowest BCUT2D eigenvalue weighted by Crippen LogP contribution is -2.40. The highest BCUT2D eigenvalue weighted by Crippen LogP contribution is 2.28. The van der Waals surface area contributed by atoms with Crippen LogP contribution in [0.4, 0.5) is 4.39 Å². The fourth-order valence-electron chi connectivity index (χ4n) is 4.33. The van der Waals surface area contributed by atoms with E-state index in [1.54, 1.807) is 28.5 Å². The van der Waals surface area contributed by atoms with E-state index in [0.717, 1.165) is 11.1 Å². The van der Waals surface area contributed by atoms with Gasteiger partial charge in [-0.15, -0.1) is 37.2 Å². The largest absolute Gasteiger partial charge is 0.330 e. The van der Waals surface area contributed by atoms with E-state index in [2.05, 4.69) is 4.37 Å². The van der Waals surface area contributed by atoms with Gasteiger partial charge in [0.2, 0.25) is 0 Å². The minimum Gasteiger partial charge on any atom is -0.330 e. The lowest BCUT2D eigenvalue weighted by Gasteiger charge is -2.32. The van der Waals surface area contributed by atoms with Gasteiger partial charge in [0.15, 0.2) is 4.83 Å². The van der Waals surface area contributed by atoms with Crippen LogP contribution < -0.4 is 11.3 Å². The molecule has 0 spiro atoms. The normalized spacial score (nSPS) is 11.2. The Morgan fingerprint density at radius 2 is 1.72 bits per heavy atom. The van der Waals surface area contributed by atoms with Gasteiger partial charge in [-0.2, -0.15) is 4.37 Å². The summed E-state index contributed by atoms with van der Waals surface area (Å²) < 4.78 is 19.5. The van der Waals surface area contributed by atoms with Crippen molar-refractivity contribution < 1.29 is 9.18 Å². The first-order valence-corrected chi connectivity index (χ1v) is 12.8. The summed E-state index contributed by atoms with van der Waals surface area (Å²) in [6.07, 6.45) is 1.15. The summed E-state index contributed by atoms with van der Waals surface area (Å²) in [6.45, 7) is 6.78. The molecule has 1 atom stereocenters. The monoisotopic (exact) mass is 615 g/mol. The summed E-state index contributed by atoms with van der Waals surface area (Å²) in [5.74, 6) is -0.000197. The molecule has 212 valence electrons. The molecular weight excluding hydrogens is 584 g/mol. The highest BCUT2D eigenvalue weighted by molar-refractivity contribution is 7.12. The molecule has 0 aliphatic heterocycles. The number of hydrogen-bond acceptors (Lipinski definition) is 6. The average molecular weight is 617 g/mol. The molecule has 4 rings (SSSR count).